The Morgan fingerprint density at radius 2 is 1.74 bits per heavy atom. The fourth-order valence-electron chi connectivity index (χ4n) is 4.39. The summed E-state index contributed by atoms with van der Waals surface area (Å²) in [5.74, 6) is 1.32. The molecule has 10 nitrogen and oxygen atoms in total. The van der Waals surface area contributed by atoms with Crippen LogP contribution in [-0.2, 0) is 14.4 Å². The van der Waals surface area contributed by atoms with E-state index >= 15 is 0 Å². The summed E-state index contributed by atoms with van der Waals surface area (Å²) >= 11 is 0. The molecule has 186 valence electrons. The molecule has 0 amide bonds. The monoisotopic (exact) mass is 479 g/mol. The maximum absolute atomic E-state index is 12.3. The zero-order valence-corrected chi connectivity index (χ0v) is 20.6. The highest BCUT2D eigenvalue weighted by Crippen LogP contribution is 2.32. The number of carbonyl (C=O) groups excluding carboxylic acids is 1. The number of morpholine rings is 1. The molecule has 10 heteroatoms. The van der Waals surface area contributed by atoms with Gasteiger partial charge in [0.25, 0.3) is 0 Å². The highest BCUT2D eigenvalue weighted by molar-refractivity contribution is 5.89. The summed E-state index contributed by atoms with van der Waals surface area (Å²) in [5.41, 5.74) is 7.80. The van der Waals surface area contributed by atoms with E-state index in [9.17, 15) is 4.79 Å². The Bertz CT molecular complexity index is 1190. The van der Waals surface area contributed by atoms with E-state index in [0.717, 1.165) is 48.3 Å². The SMILES string of the molecule is CC(C)(C)C(=O)ON1CCC(n2ncc3c(N4CCOCC4)nc(-c4ccc(N)cc4)nc32)CC1. The van der Waals surface area contributed by atoms with Crippen molar-refractivity contribution in [2.45, 2.75) is 39.7 Å². The molecule has 0 unspecified atom stereocenters. The van der Waals surface area contributed by atoms with Crippen LogP contribution in [0.5, 0.6) is 0 Å². The molecule has 4 heterocycles. The van der Waals surface area contributed by atoms with Crippen LogP contribution >= 0.6 is 0 Å². The maximum Gasteiger partial charge on any atom is 0.330 e. The van der Waals surface area contributed by atoms with Gasteiger partial charge in [-0.3, -0.25) is 0 Å². The van der Waals surface area contributed by atoms with Gasteiger partial charge in [0.05, 0.1) is 36.3 Å². The summed E-state index contributed by atoms with van der Waals surface area (Å²) in [6.45, 7) is 9.78. The van der Waals surface area contributed by atoms with Crippen LogP contribution < -0.4 is 10.6 Å². The first-order chi connectivity index (χ1) is 16.8. The van der Waals surface area contributed by atoms with Gasteiger partial charge in [0.15, 0.2) is 11.5 Å². The first-order valence-electron chi connectivity index (χ1n) is 12.2. The summed E-state index contributed by atoms with van der Waals surface area (Å²) in [6, 6.07) is 7.78. The summed E-state index contributed by atoms with van der Waals surface area (Å²) in [6.07, 6.45) is 3.49. The lowest BCUT2D eigenvalue weighted by Gasteiger charge is -2.32. The molecule has 0 aliphatic carbocycles. The number of ether oxygens (including phenoxy) is 1. The van der Waals surface area contributed by atoms with Crippen molar-refractivity contribution in [3.63, 3.8) is 0 Å². The van der Waals surface area contributed by atoms with Crippen molar-refractivity contribution in [1.29, 1.82) is 0 Å². The van der Waals surface area contributed by atoms with Gasteiger partial charge >= 0.3 is 5.97 Å². The van der Waals surface area contributed by atoms with Gasteiger partial charge in [-0.1, -0.05) is 0 Å². The molecule has 35 heavy (non-hydrogen) atoms. The number of fused-ring (bicyclic) bond motifs is 1. The zero-order valence-electron chi connectivity index (χ0n) is 20.6. The number of hydrogen-bond acceptors (Lipinski definition) is 9. The Morgan fingerprint density at radius 1 is 1.06 bits per heavy atom. The van der Waals surface area contributed by atoms with Crippen molar-refractivity contribution >= 4 is 28.5 Å². The number of carbonyl (C=O) groups is 1. The van der Waals surface area contributed by atoms with Crippen LogP contribution in [-0.4, -0.2) is 70.2 Å². The number of hydrogen-bond donors (Lipinski definition) is 1. The van der Waals surface area contributed by atoms with Crippen molar-refractivity contribution in [3.05, 3.63) is 30.5 Å². The zero-order chi connectivity index (χ0) is 24.6. The Morgan fingerprint density at radius 3 is 2.40 bits per heavy atom. The van der Waals surface area contributed by atoms with E-state index in [4.69, 9.17) is 30.4 Å². The lowest BCUT2D eigenvalue weighted by Crippen LogP contribution is -2.39. The summed E-state index contributed by atoms with van der Waals surface area (Å²) < 4.78 is 7.58. The van der Waals surface area contributed by atoms with Crippen LogP contribution in [0.15, 0.2) is 30.5 Å². The van der Waals surface area contributed by atoms with Crippen molar-refractivity contribution in [3.8, 4) is 11.4 Å². The summed E-state index contributed by atoms with van der Waals surface area (Å²) in [5, 5.41) is 7.46. The highest BCUT2D eigenvalue weighted by Gasteiger charge is 2.30. The average molecular weight is 480 g/mol. The number of aromatic nitrogens is 4. The lowest BCUT2D eigenvalue weighted by molar-refractivity contribution is -0.205. The normalized spacial score (nSPS) is 18.2. The third-order valence-electron chi connectivity index (χ3n) is 6.51. The van der Waals surface area contributed by atoms with Crippen molar-refractivity contribution < 1.29 is 14.4 Å². The predicted octanol–water partition coefficient (Wildman–Crippen LogP) is 3.05. The first-order valence-corrected chi connectivity index (χ1v) is 12.2. The molecule has 1 aromatic carbocycles. The Labute approximate surface area is 205 Å². The summed E-state index contributed by atoms with van der Waals surface area (Å²) in [7, 11) is 0. The third kappa shape index (κ3) is 4.94. The Hall–Kier alpha value is -3.24. The number of nitrogens with zero attached hydrogens (tertiary/aromatic N) is 6. The number of nitrogen functional groups attached to an aromatic ring is 1. The second kappa shape index (κ2) is 9.43. The number of anilines is 2. The fourth-order valence-corrected chi connectivity index (χ4v) is 4.39. The van der Waals surface area contributed by atoms with E-state index in [2.05, 4.69) is 4.90 Å². The van der Waals surface area contributed by atoms with Crippen LogP contribution in [0.4, 0.5) is 11.5 Å². The predicted molar refractivity (Wildman–Crippen MR) is 134 cm³/mol. The summed E-state index contributed by atoms with van der Waals surface area (Å²) in [4.78, 5) is 30.0. The van der Waals surface area contributed by atoms with Crippen molar-refractivity contribution in [1.82, 2.24) is 24.8 Å². The minimum atomic E-state index is -0.527. The van der Waals surface area contributed by atoms with Crippen LogP contribution in [0, 0.1) is 5.41 Å². The molecule has 0 radical (unpaired) electrons. The highest BCUT2D eigenvalue weighted by atomic mass is 16.7. The van der Waals surface area contributed by atoms with Gasteiger partial charge in [-0.15, -0.1) is 5.06 Å². The minimum Gasteiger partial charge on any atom is -0.399 e. The third-order valence-corrected chi connectivity index (χ3v) is 6.51. The molecule has 0 bridgehead atoms. The quantitative estimate of drug-likeness (QED) is 0.564. The maximum atomic E-state index is 12.3. The van der Waals surface area contributed by atoms with Crippen LogP contribution in [0.25, 0.3) is 22.4 Å². The van der Waals surface area contributed by atoms with Gasteiger partial charge in [0.2, 0.25) is 0 Å². The second-order valence-corrected chi connectivity index (χ2v) is 10.2. The molecule has 2 saturated heterocycles. The number of nitrogens with two attached hydrogens (primary N) is 1. The van der Waals surface area contributed by atoms with Crippen LogP contribution in [0.1, 0.15) is 39.7 Å². The Kier molecular flexibility index (Phi) is 6.33. The van der Waals surface area contributed by atoms with E-state index in [1.54, 1.807) is 5.06 Å². The average Bonchev–Trinajstić information content (AvgIpc) is 3.28. The standard InChI is InChI=1S/C25H33N7O3/c1-25(2,3)24(33)35-31-10-8-19(9-11-31)32-23-20(16-27-32)22(30-12-14-34-15-13-30)28-21(29-23)17-4-6-18(26)7-5-17/h4-7,16,19H,8-15,26H2,1-3H3. The number of rotatable bonds is 4. The molecule has 2 N–H and O–H groups in total. The fraction of sp³-hybridized carbons (Fsp3) is 0.520. The van der Waals surface area contributed by atoms with Gasteiger partial charge in [-0.2, -0.15) is 5.10 Å². The Balaban J connectivity index is 1.45. The molecule has 0 atom stereocenters. The van der Waals surface area contributed by atoms with Gasteiger partial charge in [-0.05, 0) is 57.9 Å². The van der Waals surface area contributed by atoms with Crippen molar-refractivity contribution in [2.75, 3.05) is 50.0 Å². The van der Waals surface area contributed by atoms with Crippen molar-refractivity contribution in [2.24, 2.45) is 5.41 Å². The molecule has 5 rings (SSSR count). The van der Waals surface area contributed by atoms with E-state index in [0.29, 0.717) is 37.8 Å². The molecular weight excluding hydrogens is 446 g/mol. The van der Waals surface area contributed by atoms with Crippen LogP contribution in [0.3, 0.4) is 0 Å². The molecule has 0 spiro atoms. The number of hydroxylamine groups is 2. The molecule has 0 saturated carbocycles. The first kappa shape index (κ1) is 23.5. The minimum absolute atomic E-state index is 0.156. The van der Waals surface area contributed by atoms with E-state index in [1.807, 2.05) is 55.9 Å². The van der Waals surface area contributed by atoms with E-state index in [-0.39, 0.29) is 12.0 Å². The van der Waals surface area contributed by atoms with E-state index < -0.39 is 5.41 Å². The largest absolute Gasteiger partial charge is 0.399 e. The van der Waals surface area contributed by atoms with Crippen LogP contribution in [0.2, 0.25) is 0 Å². The van der Waals surface area contributed by atoms with Gasteiger partial charge < -0.3 is 20.2 Å². The molecule has 2 fully saturated rings. The van der Waals surface area contributed by atoms with Gasteiger partial charge in [-0.25, -0.2) is 19.4 Å². The number of benzene rings is 1. The number of piperidine rings is 1. The molecule has 3 aromatic rings. The molecule has 2 aromatic heterocycles. The topological polar surface area (TPSA) is 112 Å². The molecular formula is C25H33N7O3. The van der Waals surface area contributed by atoms with E-state index in [1.165, 1.54) is 0 Å². The van der Waals surface area contributed by atoms with Gasteiger partial charge in [0, 0.05) is 37.4 Å². The molecule has 2 aliphatic rings. The smallest absolute Gasteiger partial charge is 0.330 e. The second-order valence-electron chi connectivity index (χ2n) is 10.2. The van der Waals surface area contributed by atoms with Gasteiger partial charge in [0.1, 0.15) is 5.82 Å². The lowest BCUT2D eigenvalue weighted by atomic mass is 9.98. The molecule has 2 aliphatic heterocycles.